The maximum atomic E-state index is 12.2. The van der Waals surface area contributed by atoms with Crippen LogP contribution in [0, 0.1) is 5.92 Å². The zero-order valence-corrected chi connectivity index (χ0v) is 12.3. The summed E-state index contributed by atoms with van der Waals surface area (Å²) in [5.74, 6) is 0.591. The number of sulfonamides is 1. The van der Waals surface area contributed by atoms with E-state index in [1.807, 2.05) is 0 Å². The normalized spacial score (nSPS) is 20.2. The topological polar surface area (TPSA) is 72.6 Å². The number of hydrogen-bond acceptors (Lipinski definition) is 4. The predicted octanol–water partition coefficient (Wildman–Crippen LogP) is 0.802. The highest BCUT2D eigenvalue weighted by Crippen LogP contribution is 2.25. The summed E-state index contributed by atoms with van der Waals surface area (Å²) in [5.41, 5.74) is 5.78. The Balaban J connectivity index is 2.45. The van der Waals surface area contributed by atoms with Gasteiger partial charge in [-0.05, 0) is 18.8 Å². The lowest BCUT2D eigenvalue weighted by molar-refractivity contribution is 0.173. The zero-order chi connectivity index (χ0) is 13.6. The van der Waals surface area contributed by atoms with Gasteiger partial charge in [0.25, 0.3) is 0 Å². The van der Waals surface area contributed by atoms with E-state index in [1.54, 1.807) is 14.2 Å². The quantitative estimate of drug-likeness (QED) is 0.747. The first-order valence-electron chi connectivity index (χ1n) is 6.64. The fraction of sp³-hybridized carbons (Fsp3) is 1.00. The summed E-state index contributed by atoms with van der Waals surface area (Å²) in [6.07, 6.45) is 5.64. The molecule has 0 aliphatic heterocycles. The number of nitrogens with two attached hydrogens (primary N) is 1. The maximum Gasteiger partial charge on any atom is 0.214 e. The van der Waals surface area contributed by atoms with Gasteiger partial charge in [0.1, 0.15) is 0 Å². The molecule has 18 heavy (non-hydrogen) atoms. The van der Waals surface area contributed by atoms with Crippen LogP contribution in [0.5, 0.6) is 0 Å². The van der Waals surface area contributed by atoms with Crippen molar-refractivity contribution in [2.45, 2.75) is 38.1 Å². The molecule has 0 amide bonds. The van der Waals surface area contributed by atoms with E-state index in [1.165, 1.54) is 10.7 Å². The van der Waals surface area contributed by atoms with Crippen molar-refractivity contribution >= 4 is 10.0 Å². The van der Waals surface area contributed by atoms with Crippen LogP contribution in [0.4, 0.5) is 0 Å². The van der Waals surface area contributed by atoms with Crippen LogP contribution in [-0.2, 0) is 14.8 Å². The van der Waals surface area contributed by atoms with E-state index in [9.17, 15) is 8.42 Å². The predicted molar refractivity (Wildman–Crippen MR) is 72.8 cm³/mol. The molecule has 1 atom stereocenters. The second kappa shape index (κ2) is 7.43. The lowest BCUT2D eigenvalue weighted by Gasteiger charge is -2.26. The van der Waals surface area contributed by atoms with Gasteiger partial charge in [0, 0.05) is 26.7 Å². The van der Waals surface area contributed by atoms with Crippen molar-refractivity contribution in [3.8, 4) is 0 Å². The average molecular weight is 278 g/mol. The van der Waals surface area contributed by atoms with Gasteiger partial charge in [0.2, 0.25) is 10.0 Å². The Morgan fingerprint density at radius 1 is 1.33 bits per heavy atom. The van der Waals surface area contributed by atoms with Crippen LogP contribution in [-0.4, -0.2) is 51.8 Å². The van der Waals surface area contributed by atoms with Crippen molar-refractivity contribution in [2.24, 2.45) is 11.7 Å². The number of methoxy groups -OCH3 is 1. The minimum atomic E-state index is -3.18. The Morgan fingerprint density at radius 3 is 2.50 bits per heavy atom. The Labute approximate surface area is 111 Å². The van der Waals surface area contributed by atoms with Crippen LogP contribution >= 0.6 is 0 Å². The SMILES string of the molecule is COCC(N)CN(C)S(=O)(=O)CC1CCCCC1. The van der Waals surface area contributed by atoms with Gasteiger partial charge in [-0.25, -0.2) is 12.7 Å². The molecule has 0 aromatic heterocycles. The summed E-state index contributed by atoms with van der Waals surface area (Å²) in [6.45, 7) is 0.701. The molecule has 0 bridgehead atoms. The van der Waals surface area contributed by atoms with Gasteiger partial charge in [0.15, 0.2) is 0 Å². The van der Waals surface area contributed by atoms with Gasteiger partial charge in [-0.15, -0.1) is 0 Å². The Bertz CT molecular complexity index is 326. The molecule has 1 fully saturated rings. The van der Waals surface area contributed by atoms with Crippen molar-refractivity contribution in [1.82, 2.24) is 4.31 Å². The van der Waals surface area contributed by atoms with Crippen LogP contribution in [0.1, 0.15) is 32.1 Å². The van der Waals surface area contributed by atoms with Crippen molar-refractivity contribution < 1.29 is 13.2 Å². The number of nitrogens with zero attached hydrogens (tertiary/aromatic N) is 1. The molecule has 0 aromatic rings. The second-order valence-electron chi connectivity index (χ2n) is 5.28. The van der Waals surface area contributed by atoms with E-state index in [0.29, 0.717) is 19.1 Å². The summed E-state index contributed by atoms with van der Waals surface area (Å²) in [7, 11) is -0.00481. The van der Waals surface area contributed by atoms with Crippen molar-refractivity contribution in [3.63, 3.8) is 0 Å². The minimum absolute atomic E-state index is 0.263. The standard InChI is InChI=1S/C12H26N2O3S/c1-14(8-12(13)9-17-2)18(15,16)10-11-6-4-3-5-7-11/h11-12H,3-10,13H2,1-2H3. The highest BCUT2D eigenvalue weighted by molar-refractivity contribution is 7.89. The number of likely N-dealkylation sites (N-methyl/N-ethyl adjacent to an activating group) is 1. The number of hydrogen-bond donors (Lipinski definition) is 1. The third-order valence-corrected chi connectivity index (χ3v) is 5.51. The summed E-state index contributed by atoms with van der Waals surface area (Å²) in [6, 6.07) is -0.263. The largest absolute Gasteiger partial charge is 0.383 e. The molecular formula is C12H26N2O3S. The van der Waals surface area contributed by atoms with E-state index in [-0.39, 0.29) is 11.8 Å². The Kier molecular flexibility index (Phi) is 6.55. The first-order valence-corrected chi connectivity index (χ1v) is 8.25. The van der Waals surface area contributed by atoms with Crippen LogP contribution in [0.25, 0.3) is 0 Å². The zero-order valence-electron chi connectivity index (χ0n) is 11.5. The van der Waals surface area contributed by atoms with Crippen LogP contribution in [0.3, 0.4) is 0 Å². The fourth-order valence-electron chi connectivity index (χ4n) is 2.49. The van der Waals surface area contributed by atoms with Gasteiger partial charge >= 0.3 is 0 Å². The molecule has 1 rings (SSSR count). The van der Waals surface area contributed by atoms with E-state index in [0.717, 1.165) is 25.7 Å². The number of rotatable bonds is 7. The van der Waals surface area contributed by atoms with E-state index in [4.69, 9.17) is 10.5 Å². The Hall–Kier alpha value is -0.170. The van der Waals surface area contributed by atoms with Crippen LogP contribution in [0.2, 0.25) is 0 Å². The van der Waals surface area contributed by atoms with Crippen molar-refractivity contribution in [1.29, 1.82) is 0 Å². The molecule has 0 saturated heterocycles. The highest BCUT2D eigenvalue weighted by atomic mass is 32.2. The van der Waals surface area contributed by atoms with Gasteiger partial charge in [-0.3, -0.25) is 0 Å². The molecular weight excluding hydrogens is 252 g/mol. The smallest absolute Gasteiger partial charge is 0.214 e. The molecule has 0 radical (unpaired) electrons. The molecule has 6 heteroatoms. The first kappa shape index (κ1) is 15.9. The van der Waals surface area contributed by atoms with E-state index >= 15 is 0 Å². The van der Waals surface area contributed by atoms with Crippen LogP contribution in [0.15, 0.2) is 0 Å². The van der Waals surface area contributed by atoms with Crippen molar-refractivity contribution in [2.75, 3.05) is 33.1 Å². The number of ether oxygens (including phenoxy) is 1. The Morgan fingerprint density at radius 2 is 1.94 bits per heavy atom. The van der Waals surface area contributed by atoms with Gasteiger partial charge in [0.05, 0.1) is 12.4 Å². The van der Waals surface area contributed by atoms with Gasteiger partial charge in [-0.1, -0.05) is 19.3 Å². The third-order valence-electron chi connectivity index (χ3n) is 3.52. The fourth-order valence-corrected chi connectivity index (χ4v) is 4.09. The summed E-state index contributed by atoms with van der Waals surface area (Å²) >= 11 is 0. The molecule has 108 valence electrons. The molecule has 2 N–H and O–H groups in total. The molecule has 1 aliphatic rings. The second-order valence-corrected chi connectivity index (χ2v) is 7.40. The van der Waals surface area contributed by atoms with Crippen molar-refractivity contribution in [3.05, 3.63) is 0 Å². The first-order chi connectivity index (χ1) is 8.45. The minimum Gasteiger partial charge on any atom is -0.383 e. The maximum absolute atomic E-state index is 12.2. The molecule has 0 heterocycles. The summed E-state index contributed by atoms with van der Waals surface area (Å²) in [5, 5.41) is 0. The van der Waals surface area contributed by atoms with Gasteiger partial charge < -0.3 is 10.5 Å². The van der Waals surface area contributed by atoms with E-state index < -0.39 is 10.0 Å². The summed E-state index contributed by atoms with van der Waals surface area (Å²) in [4.78, 5) is 0. The molecule has 1 unspecified atom stereocenters. The lowest BCUT2D eigenvalue weighted by atomic mass is 9.91. The molecule has 5 nitrogen and oxygen atoms in total. The molecule has 0 spiro atoms. The van der Waals surface area contributed by atoms with Crippen LogP contribution < -0.4 is 5.73 Å². The summed E-state index contributed by atoms with van der Waals surface area (Å²) < 4.78 is 30.6. The highest BCUT2D eigenvalue weighted by Gasteiger charge is 2.25. The monoisotopic (exact) mass is 278 g/mol. The molecule has 1 aliphatic carbocycles. The molecule has 0 aromatic carbocycles. The van der Waals surface area contributed by atoms with E-state index in [2.05, 4.69) is 0 Å². The van der Waals surface area contributed by atoms with Gasteiger partial charge in [-0.2, -0.15) is 0 Å². The third kappa shape index (κ3) is 5.22. The molecule has 1 saturated carbocycles. The lowest BCUT2D eigenvalue weighted by Crippen LogP contribution is -2.42. The average Bonchev–Trinajstić information content (AvgIpc) is 2.29.